The number of rotatable bonds is 1. The highest BCUT2D eigenvalue weighted by molar-refractivity contribution is 6.07. The third-order valence-corrected chi connectivity index (χ3v) is 4.28. The second kappa shape index (κ2) is 4.99. The molecule has 0 saturated heterocycles. The molecule has 0 aromatic heterocycles. The zero-order chi connectivity index (χ0) is 16.5. The van der Waals surface area contributed by atoms with Gasteiger partial charge in [-0.05, 0) is 57.6 Å². The summed E-state index contributed by atoms with van der Waals surface area (Å²) in [6.45, 7) is 0.474. The predicted octanol–water partition coefficient (Wildman–Crippen LogP) is 6.28. The van der Waals surface area contributed by atoms with E-state index in [0.717, 1.165) is 33.0 Å². The average Bonchev–Trinajstić information content (AvgIpc) is 2.66. The van der Waals surface area contributed by atoms with E-state index in [1.54, 1.807) is 0 Å². The van der Waals surface area contributed by atoms with E-state index < -0.39 is 0 Å². The first-order valence-electron chi connectivity index (χ1n) is 8.85. The van der Waals surface area contributed by atoms with Crippen LogP contribution in [0, 0.1) is 13.8 Å². The second-order valence-electron chi connectivity index (χ2n) is 5.64. The van der Waals surface area contributed by atoms with Crippen LogP contribution in [-0.4, -0.2) is 0 Å². The Morgan fingerprint density at radius 3 is 1.45 bits per heavy atom. The van der Waals surface area contributed by atoms with Crippen LogP contribution >= 0.6 is 0 Å². The molecule has 0 fully saturated rings. The van der Waals surface area contributed by atoms with Crippen LogP contribution in [0.4, 0.5) is 0 Å². The van der Waals surface area contributed by atoms with Crippen molar-refractivity contribution >= 4 is 21.5 Å². The molecular formula is C22H18. The second-order valence-corrected chi connectivity index (χ2v) is 5.64. The lowest BCUT2D eigenvalue weighted by Crippen LogP contribution is -1.91. The van der Waals surface area contributed by atoms with Gasteiger partial charge in [-0.3, -0.25) is 0 Å². The lowest BCUT2D eigenvalue weighted by molar-refractivity contribution is 1.45. The molecule has 0 heteroatoms. The summed E-state index contributed by atoms with van der Waals surface area (Å²) in [4.78, 5) is 0. The van der Waals surface area contributed by atoms with Crippen LogP contribution in [0.1, 0.15) is 13.9 Å². The van der Waals surface area contributed by atoms with Gasteiger partial charge in [-0.2, -0.15) is 0 Å². The Kier molecular flexibility index (Phi) is 2.50. The number of hydrogen-bond donors (Lipinski definition) is 0. The quantitative estimate of drug-likeness (QED) is 0.386. The first-order valence-corrected chi connectivity index (χ1v) is 7.43. The van der Waals surface area contributed by atoms with Gasteiger partial charge in [0.1, 0.15) is 0 Å². The van der Waals surface area contributed by atoms with E-state index in [4.69, 9.17) is 2.74 Å². The average molecular weight is 284 g/mol. The van der Waals surface area contributed by atoms with Gasteiger partial charge >= 0.3 is 0 Å². The Morgan fingerprint density at radius 1 is 0.545 bits per heavy atom. The highest BCUT2D eigenvalue weighted by Gasteiger charge is 2.12. The maximum Gasteiger partial charge on any atom is 0.0280 e. The third-order valence-electron chi connectivity index (χ3n) is 4.28. The SMILES string of the molecule is [2H]Cc1ccc2ccccc2c1-c1c(C[2H])ccc2ccccc12. The summed E-state index contributed by atoms with van der Waals surface area (Å²) < 4.78 is 16.0. The fourth-order valence-electron chi connectivity index (χ4n) is 3.22. The first kappa shape index (κ1) is 11.0. The van der Waals surface area contributed by atoms with Gasteiger partial charge in [-0.15, -0.1) is 0 Å². The molecule has 0 unspecified atom stereocenters. The Morgan fingerprint density at radius 2 is 1.00 bits per heavy atom. The van der Waals surface area contributed by atoms with Crippen molar-refractivity contribution in [2.75, 3.05) is 0 Å². The van der Waals surface area contributed by atoms with Gasteiger partial charge in [0.2, 0.25) is 0 Å². The molecule has 0 aliphatic heterocycles. The van der Waals surface area contributed by atoms with Gasteiger partial charge in [0, 0.05) is 2.74 Å². The van der Waals surface area contributed by atoms with Crippen molar-refractivity contribution in [2.45, 2.75) is 13.8 Å². The molecule has 106 valence electrons. The molecule has 0 heterocycles. The molecule has 0 amide bonds. The summed E-state index contributed by atoms with van der Waals surface area (Å²) in [6.07, 6.45) is 0. The van der Waals surface area contributed by atoms with Gasteiger partial charge in [-0.25, -0.2) is 0 Å². The number of benzene rings is 4. The van der Waals surface area contributed by atoms with E-state index >= 15 is 0 Å². The van der Waals surface area contributed by atoms with Crippen LogP contribution in [0.5, 0.6) is 0 Å². The minimum atomic E-state index is 0.237. The van der Waals surface area contributed by atoms with Gasteiger partial charge in [0.05, 0.1) is 0 Å². The fraction of sp³-hybridized carbons (Fsp3) is 0.0909. The van der Waals surface area contributed by atoms with Crippen LogP contribution in [0.3, 0.4) is 0 Å². The first-order chi connectivity index (χ1) is 11.8. The summed E-state index contributed by atoms with van der Waals surface area (Å²) in [6, 6.07) is 24.9. The minimum Gasteiger partial charge on any atom is -0.0616 e. The molecule has 0 atom stereocenters. The lowest BCUT2D eigenvalue weighted by atomic mass is 9.88. The highest BCUT2D eigenvalue weighted by atomic mass is 14.2. The van der Waals surface area contributed by atoms with Crippen molar-refractivity contribution in [3.8, 4) is 11.1 Å². The highest BCUT2D eigenvalue weighted by Crippen LogP contribution is 2.38. The van der Waals surface area contributed by atoms with Gasteiger partial charge in [0.25, 0.3) is 0 Å². The van der Waals surface area contributed by atoms with Crippen molar-refractivity contribution in [2.24, 2.45) is 0 Å². The van der Waals surface area contributed by atoms with Crippen LogP contribution in [0.2, 0.25) is 0 Å². The van der Waals surface area contributed by atoms with E-state index in [1.807, 2.05) is 24.3 Å². The monoisotopic (exact) mass is 284 g/mol. The molecule has 0 saturated carbocycles. The number of fused-ring (bicyclic) bond motifs is 2. The molecule has 22 heavy (non-hydrogen) atoms. The topological polar surface area (TPSA) is 0 Å². The van der Waals surface area contributed by atoms with Crippen LogP contribution in [0.15, 0.2) is 72.8 Å². The molecule has 0 N–H and O–H groups in total. The van der Waals surface area contributed by atoms with Crippen molar-refractivity contribution < 1.29 is 2.74 Å². The van der Waals surface area contributed by atoms with E-state index in [1.165, 1.54) is 10.8 Å². The summed E-state index contributed by atoms with van der Waals surface area (Å²) in [5.74, 6) is 0. The number of aryl methyl sites for hydroxylation is 2. The van der Waals surface area contributed by atoms with E-state index in [0.29, 0.717) is 0 Å². The predicted molar refractivity (Wildman–Crippen MR) is 96.4 cm³/mol. The zero-order valence-electron chi connectivity index (χ0n) is 14.3. The Bertz CT molecular complexity index is 949. The van der Waals surface area contributed by atoms with Crippen LogP contribution in [-0.2, 0) is 0 Å². The fourth-order valence-corrected chi connectivity index (χ4v) is 3.22. The molecular weight excluding hydrogens is 264 g/mol. The molecule has 4 rings (SSSR count). The molecule has 4 aromatic carbocycles. The number of hydrogen-bond acceptors (Lipinski definition) is 0. The van der Waals surface area contributed by atoms with Gasteiger partial charge in [0.15, 0.2) is 0 Å². The van der Waals surface area contributed by atoms with E-state index in [9.17, 15) is 0 Å². The van der Waals surface area contributed by atoms with E-state index in [2.05, 4.69) is 48.5 Å². The van der Waals surface area contributed by atoms with Crippen LogP contribution < -0.4 is 0 Å². The molecule has 4 aromatic rings. The summed E-state index contributed by atoms with van der Waals surface area (Å²) in [5.41, 5.74) is 4.25. The van der Waals surface area contributed by atoms with E-state index in [-0.39, 0.29) is 13.8 Å². The molecule has 0 radical (unpaired) electrons. The summed E-state index contributed by atoms with van der Waals surface area (Å²) in [7, 11) is 0. The van der Waals surface area contributed by atoms with Gasteiger partial charge in [-0.1, -0.05) is 72.8 Å². The molecule has 0 nitrogen and oxygen atoms in total. The Balaban J connectivity index is 2.21. The summed E-state index contributed by atoms with van der Waals surface area (Å²) >= 11 is 0. The van der Waals surface area contributed by atoms with Crippen molar-refractivity contribution in [1.82, 2.24) is 0 Å². The minimum absolute atomic E-state index is 0.237. The molecule has 0 aliphatic carbocycles. The Hall–Kier alpha value is -2.60. The lowest BCUT2D eigenvalue weighted by Gasteiger charge is -2.16. The molecule has 0 aliphatic rings. The van der Waals surface area contributed by atoms with Crippen molar-refractivity contribution in [1.29, 1.82) is 0 Å². The van der Waals surface area contributed by atoms with Crippen molar-refractivity contribution in [3.63, 3.8) is 0 Å². The Labute approximate surface area is 133 Å². The maximum atomic E-state index is 8.00. The normalized spacial score (nSPS) is 12.4. The maximum absolute atomic E-state index is 8.00. The molecule has 0 bridgehead atoms. The third kappa shape index (κ3) is 1.92. The smallest absolute Gasteiger partial charge is 0.0280 e. The molecule has 0 spiro atoms. The van der Waals surface area contributed by atoms with Crippen molar-refractivity contribution in [3.05, 3.63) is 83.9 Å². The largest absolute Gasteiger partial charge is 0.0616 e. The standard InChI is InChI=1S/C22H18/c1-15-11-13-17-7-3-5-9-19(17)21(15)22-16(2)12-14-18-8-4-6-10-20(18)22/h3-14H,1-2H3/i1D,2D. The van der Waals surface area contributed by atoms with Crippen LogP contribution in [0.25, 0.3) is 32.7 Å². The van der Waals surface area contributed by atoms with Gasteiger partial charge < -0.3 is 0 Å². The summed E-state index contributed by atoms with van der Waals surface area (Å²) in [5, 5.41) is 4.67. The zero-order valence-corrected chi connectivity index (χ0v) is 12.3.